The lowest BCUT2D eigenvalue weighted by Crippen LogP contribution is -2.61. The van der Waals surface area contributed by atoms with E-state index in [1.54, 1.807) is 67.8 Å². The molecule has 18 amide bonds. The van der Waals surface area contributed by atoms with Gasteiger partial charge in [-0.05, 0) is 86.4 Å². The number of phenols is 1. The summed E-state index contributed by atoms with van der Waals surface area (Å²) >= 11 is 0.778. The van der Waals surface area contributed by atoms with Gasteiger partial charge in [-0.25, -0.2) is 4.98 Å². The first-order valence-corrected chi connectivity index (χ1v) is 45.1. The number of amides is 18. The van der Waals surface area contributed by atoms with E-state index in [9.17, 15) is 68.1 Å². The van der Waals surface area contributed by atoms with Gasteiger partial charge in [0, 0.05) is 119 Å². The largest absolute Gasteiger partial charge is 0.508 e. The number of aromatic nitrogens is 4. The van der Waals surface area contributed by atoms with Crippen molar-refractivity contribution in [2.24, 2.45) is 17.2 Å². The molecule has 6 aromatic rings. The number of hydrogen-bond donors (Lipinski definition) is 19. The van der Waals surface area contributed by atoms with Crippen molar-refractivity contribution in [3.63, 3.8) is 0 Å². The molecule has 44 heteroatoms. The van der Waals surface area contributed by atoms with Crippen LogP contribution in [0, 0.1) is 0 Å². The Morgan fingerprint density at radius 2 is 1.05 bits per heavy atom. The number of nitrogens with one attached hydrogen (secondary N) is 13. The molecule has 0 aliphatic carbocycles. The van der Waals surface area contributed by atoms with Crippen LogP contribution in [0.5, 0.6) is 5.75 Å². The standard InChI is InChI=1S/C88H120N22O21S/c1-8-11-22-67-81(124)98-56(10-3)77(120)105-66(76(119)95-41-73(91)116)44-132-45-74(117)97-62(32-48-25-27-52(112)28-26-48)84(127)106(5)47(4)75(118)102-64(37-72(90)115)87(130)109-31-17-24-68(109)82(125)101-61(35-51-40-92-46-96-51)79(122)99-59(29-30-71(89)114)86(129)110-42-53(113)36-70(110)83(126)100-60(33-49-38-93-57-20-15-13-18-54(49)57)78(121)104-65(43-111)80(123)103-63(34-50-39-94-58-21-16-14-19-55(50)58)85(128)108(7)69(23-12-9-2)88(131)107(67)6/h13-16,18-21,25-28,38-40,46-47,53,56,59-70,93-94,111-113H,8-12,17,22-24,29-37,41-45H2,1-7H3,(H2,89,114)(H2,90,115)(H2,91,116)(H,92,96)(H,95,119)(H,97,117)(H,98,124)(H,99,122)(H,100,126)(H,101,125)(H,102,118)(H,103,123)(H,104,121)(H,105,120)/t47-,53+,56-,59-,60-,61-,62?,63-,64-,65-,66-,67-,68-,69-,70-/m0/s1. The van der Waals surface area contributed by atoms with Gasteiger partial charge in [0.1, 0.15) is 90.3 Å². The molecule has 0 bridgehead atoms. The van der Waals surface area contributed by atoms with Crippen molar-refractivity contribution in [1.29, 1.82) is 0 Å². The fraction of sp³-hybridized carbons (Fsp3) is 0.511. The zero-order valence-electron chi connectivity index (χ0n) is 74.7. The maximum Gasteiger partial charge on any atom is 0.246 e. The number of aromatic amines is 3. The lowest BCUT2D eigenvalue weighted by atomic mass is 10.00. The van der Waals surface area contributed by atoms with Crippen LogP contribution in [0.1, 0.15) is 134 Å². The SMILES string of the molecule is CCCC[C@H]1C(=O)N(C)[C@@H](CCCC)C(=O)N[C@@H](CC)C(=O)N[C@H](C(=O)NCC(N)=O)CSCC(=O)NC(Cc2ccc(O)cc2)C(=O)N(C)[C@@H](C)C(=O)N[C@@H](CC(N)=O)C(=O)N2CCC[C@H]2C(=O)N[C@@H](Cc2c[nH]cn2)C(=O)N[C@@H](CCC(N)=O)C(=O)N2C[C@H](O)C[C@H]2C(=O)N[C@@H](Cc2c[nH]c3ccccc23)C(=O)N[C@@H](CO)C(=O)N[C@@H](Cc2c[nH]c3ccccc23)C(=O)N1C. The van der Waals surface area contributed by atoms with E-state index in [0.29, 0.717) is 64.2 Å². The molecule has 0 radical (unpaired) electrons. The van der Waals surface area contributed by atoms with E-state index in [4.69, 9.17) is 17.2 Å². The van der Waals surface area contributed by atoms with Crippen molar-refractivity contribution in [2.75, 3.05) is 58.9 Å². The van der Waals surface area contributed by atoms with Crippen LogP contribution in [0.3, 0.4) is 0 Å². The van der Waals surface area contributed by atoms with E-state index < -0.39 is 260 Å². The third-order valence-electron chi connectivity index (χ3n) is 23.7. The number of fused-ring (bicyclic) bond motifs is 4. The Hall–Kier alpha value is -13.5. The van der Waals surface area contributed by atoms with E-state index >= 15 is 33.6 Å². The summed E-state index contributed by atoms with van der Waals surface area (Å²) in [5.74, 6) is -18.5. The molecule has 6 heterocycles. The first-order chi connectivity index (χ1) is 62.9. The Labute approximate surface area is 765 Å². The summed E-state index contributed by atoms with van der Waals surface area (Å²) < 4.78 is 0. The number of H-pyrrole nitrogens is 3. The highest BCUT2D eigenvalue weighted by molar-refractivity contribution is 8.00. The van der Waals surface area contributed by atoms with Crippen LogP contribution < -0.4 is 70.4 Å². The van der Waals surface area contributed by atoms with Crippen molar-refractivity contribution >= 4 is 140 Å². The lowest BCUT2D eigenvalue weighted by molar-refractivity contribution is -0.149. The van der Waals surface area contributed by atoms with Crippen LogP contribution in [-0.2, 0) is 112 Å². The molecule has 3 aliphatic rings. The molecule has 15 atom stereocenters. The highest BCUT2D eigenvalue weighted by Crippen LogP contribution is 2.28. The molecule has 3 aromatic carbocycles. The lowest BCUT2D eigenvalue weighted by Gasteiger charge is -2.36. The third kappa shape index (κ3) is 27.5. The number of benzene rings is 3. The zero-order chi connectivity index (χ0) is 96.3. The molecule has 3 aliphatic heterocycles. The monoisotopic (exact) mass is 1850 g/mol. The van der Waals surface area contributed by atoms with E-state index in [0.717, 1.165) is 36.3 Å². The number of aromatic hydroxyl groups is 1. The second-order valence-electron chi connectivity index (χ2n) is 33.3. The van der Waals surface area contributed by atoms with Gasteiger partial charge in [-0.1, -0.05) is 95.0 Å². The molecule has 714 valence electrons. The van der Waals surface area contributed by atoms with Crippen LogP contribution >= 0.6 is 11.8 Å². The van der Waals surface area contributed by atoms with E-state index in [1.807, 2.05) is 13.8 Å². The Morgan fingerprint density at radius 3 is 1.64 bits per heavy atom. The van der Waals surface area contributed by atoms with Crippen molar-refractivity contribution in [3.05, 3.63) is 120 Å². The highest BCUT2D eigenvalue weighted by atomic mass is 32.2. The second kappa shape index (κ2) is 48.4. The summed E-state index contributed by atoms with van der Waals surface area (Å²) in [5, 5.41) is 60.0. The number of aliphatic hydroxyl groups excluding tert-OH is 2. The van der Waals surface area contributed by atoms with Gasteiger partial charge in [0.15, 0.2) is 0 Å². The molecule has 0 spiro atoms. The number of rotatable bonds is 24. The van der Waals surface area contributed by atoms with Crippen molar-refractivity contribution in [2.45, 2.75) is 228 Å². The quantitative estimate of drug-likeness (QED) is 0.0279. The molecule has 3 aromatic heterocycles. The Bertz CT molecular complexity index is 5150. The average Bonchev–Trinajstić information content (AvgIpc) is 1.59. The summed E-state index contributed by atoms with van der Waals surface area (Å²) in [6.07, 6.45) is 2.38. The maximum absolute atomic E-state index is 15.7. The van der Waals surface area contributed by atoms with Gasteiger partial charge in [0.2, 0.25) is 106 Å². The van der Waals surface area contributed by atoms with Gasteiger partial charge >= 0.3 is 0 Å². The number of nitrogens with zero attached hydrogens (tertiary/aromatic N) is 6. The second-order valence-corrected chi connectivity index (χ2v) is 34.3. The minimum atomic E-state index is -1.91. The first-order valence-electron chi connectivity index (χ1n) is 43.9. The topological polar surface area (TPSA) is 643 Å². The van der Waals surface area contributed by atoms with Crippen molar-refractivity contribution in [1.82, 2.24) is 97.6 Å². The van der Waals surface area contributed by atoms with Gasteiger partial charge in [-0.15, -0.1) is 11.8 Å². The van der Waals surface area contributed by atoms with Gasteiger partial charge in [-0.2, -0.15) is 0 Å². The molecule has 132 heavy (non-hydrogen) atoms. The van der Waals surface area contributed by atoms with Crippen LogP contribution in [0.2, 0.25) is 0 Å². The minimum absolute atomic E-state index is 0.00380. The summed E-state index contributed by atoms with van der Waals surface area (Å²) in [4.78, 5) is 280. The summed E-state index contributed by atoms with van der Waals surface area (Å²) in [5.41, 5.74) is 19.5. The predicted molar refractivity (Wildman–Crippen MR) is 480 cm³/mol. The first kappa shape index (κ1) is 102. The summed E-state index contributed by atoms with van der Waals surface area (Å²) in [7, 11) is 3.90. The smallest absolute Gasteiger partial charge is 0.246 e. The Morgan fingerprint density at radius 1 is 0.523 bits per heavy atom. The number of primary amides is 3. The zero-order valence-corrected chi connectivity index (χ0v) is 75.5. The summed E-state index contributed by atoms with van der Waals surface area (Å²) in [6.45, 7) is 3.94. The van der Waals surface area contributed by atoms with Gasteiger partial charge in [-0.3, -0.25) is 86.3 Å². The predicted octanol–water partition coefficient (Wildman–Crippen LogP) is -3.56. The van der Waals surface area contributed by atoms with E-state index in [-0.39, 0.29) is 69.4 Å². The van der Waals surface area contributed by atoms with Crippen molar-refractivity contribution in [3.8, 4) is 5.75 Å². The van der Waals surface area contributed by atoms with Crippen LogP contribution in [0.15, 0.2) is 97.7 Å². The highest BCUT2D eigenvalue weighted by Gasteiger charge is 2.47. The number of imidazole rings is 1. The number of nitrogens with two attached hydrogens (primary N) is 3. The average molecular weight is 1850 g/mol. The molecule has 3 saturated heterocycles. The summed E-state index contributed by atoms with van der Waals surface area (Å²) in [6, 6.07) is -2.76. The molecule has 3 fully saturated rings. The van der Waals surface area contributed by atoms with Gasteiger partial charge in [0.25, 0.3) is 0 Å². The fourth-order valence-electron chi connectivity index (χ4n) is 16.2. The number of para-hydroxylation sites is 2. The van der Waals surface area contributed by atoms with Crippen molar-refractivity contribution < 1.29 is 102 Å². The van der Waals surface area contributed by atoms with E-state index in [1.165, 1.54) is 64.9 Å². The number of unbranched alkanes of at least 4 members (excludes halogenated alkanes) is 2. The number of aliphatic hydroxyl groups is 2. The number of carbonyl (C=O) groups excluding carboxylic acids is 18. The molecular formula is C88H120N22O21S. The Balaban J connectivity index is 1.09. The van der Waals surface area contributed by atoms with Crippen LogP contribution in [0.25, 0.3) is 21.8 Å². The van der Waals surface area contributed by atoms with E-state index in [2.05, 4.69) is 73.1 Å². The van der Waals surface area contributed by atoms with Crippen LogP contribution in [-0.4, -0.2) is 316 Å². The molecular weight excluding hydrogens is 1730 g/mol. The van der Waals surface area contributed by atoms with Gasteiger partial charge < -0.3 is 125 Å². The third-order valence-corrected chi connectivity index (χ3v) is 24.7. The number of phenolic OH excluding ortho intramolecular Hbond substituents is 1. The normalized spacial score (nSPS) is 25.0. The molecule has 9 rings (SSSR count). The fourth-order valence-corrected chi connectivity index (χ4v) is 17.0. The number of carbonyl (C=O) groups is 18. The maximum atomic E-state index is 15.7. The number of hydrogen-bond acceptors (Lipinski definition) is 23. The molecule has 1 unspecified atom stereocenters. The number of likely N-dealkylation sites (N-methyl/N-ethyl adjacent to an activating group) is 3. The molecule has 0 saturated carbocycles. The van der Waals surface area contributed by atoms with Crippen LogP contribution in [0.4, 0.5) is 0 Å². The molecule has 22 N–H and O–H groups in total. The van der Waals surface area contributed by atoms with Gasteiger partial charge in [0.05, 0.1) is 43.5 Å². The minimum Gasteiger partial charge on any atom is -0.508 e. The Kier molecular flexibility index (Phi) is 37.5. The molecule has 43 nitrogen and oxygen atoms in total. The number of thioether (sulfide) groups is 1.